The Hall–Kier alpha value is -3.97. The van der Waals surface area contributed by atoms with Crippen molar-refractivity contribution < 1.29 is 32.9 Å². The topological polar surface area (TPSA) is 123 Å². The number of allylic oxidation sites excluding steroid dienone is 1. The molecule has 1 fully saturated rings. The quantitative estimate of drug-likeness (QED) is 0.388. The van der Waals surface area contributed by atoms with E-state index in [4.69, 9.17) is 9.84 Å². The van der Waals surface area contributed by atoms with Crippen molar-refractivity contribution in [3.63, 3.8) is 0 Å². The van der Waals surface area contributed by atoms with Crippen LogP contribution < -0.4 is 15.1 Å². The lowest BCUT2D eigenvalue weighted by Crippen LogP contribution is -2.50. The summed E-state index contributed by atoms with van der Waals surface area (Å²) in [5, 5.41) is 21.1. The second kappa shape index (κ2) is 11.2. The summed E-state index contributed by atoms with van der Waals surface area (Å²) in [6, 6.07) is 7.32. The lowest BCUT2D eigenvalue weighted by Gasteiger charge is -2.36. The van der Waals surface area contributed by atoms with E-state index < -0.39 is 30.5 Å². The van der Waals surface area contributed by atoms with E-state index in [1.165, 1.54) is 23.1 Å². The van der Waals surface area contributed by atoms with Crippen LogP contribution in [-0.2, 0) is 10.9 Å². The number of aliphatic hydroxyl groups excluding tert-OH is 2. The second-order valence-electron chi connectivity index (χ2n) is 8.68. The number of aliphatic imine (C=N–C) groups is 2. The Morgan fingerprint density at radius 2 is 2.16 bits per heavy atom. The molecule has 4 rings (SSSR count). The lowest BCUT2D eigenvalue weighted by atomic mass is 10.1. The van der Waals surface area contributed by atoms with Gasteiger partial charge >= 0.3 is 18.2 Å². The Kier molecular flexibility index (Phi) is 7.97. The number of nitrogens with zero attached hydrogens (tertiary/aromatic N) is 5. The van der Waals surface area contributed by atoms with E-state index in [1.54, 1.807) is 19.1 Å². The van der Waals surface area contributed by atoms with Gasteiger partial charge in [-0.25, -0.2) is 14.8 Å². The number of benzene rings is 1. The summed E-state index contributed by atoms with van der Waals surface area (Å²) in [4.78, 5) is 29.4. The fourth-order valence-corrected chi connectivity index (χ4v) is 4.26. The van der Waals surface area contributed by atoms with Gasteiger partial charge in [-0.2, -0.15) is 18.2 Å². The molecule has 2 atom stereocenters. The molecule has 2 bridgehead atoms. The summed E-state index contributed by atoms with van der Waals surface area (Å²) in [6.45, 7) is 5.48. The number of pyridine rings is 1. The number of carbonyl (C=O) groups excluding carboxylic acids is 1. The first-order valence-corrected chi connectivity index (χ1v) is 11.8. The van der Waals surface area contributed by atoms with Crippen molar-refractivity contribution in [2.45, 2.75) is 31.7 Å². The fourth-order valence-electron chi connectivity index (χ4n) is 4.26. The van der Waals surface area contributed by atoms with Gasteiger partial charge in [0.25, 0.3) is 0 Å². The SMILES string of the molecule is C=N/C(=N\C(=C/C)NC(=O)N1c2nc(-c3cccc(C(F)(F)F)c3)ccc2N2CC[C@H]1C2)OC[C@H](O)CO. The molecular formula is C25H27F3N6O4. The first-order valence-electron chi connectivity index (χ1n) is 11.8. The largest absolute Gasteiger partial charge is 0.461 e. The first-order chi connectivity index (χ1) is 18.1. The summed E-state index contributed by atoms with van der Waals surface area (Å²) in [5.74, 6) is 0.418. The summed E-state index contributed by atoms with van der Waals surface area (Å²) in [7, 11) is 0. The minimum absolute atomic E-state index is 0.0897. The van der Waals surface area contributed by atoms with Crippen LogP contribution in [0.4, 0.5) is 29.5 Å². The van der Waals surface area contributed by atoms with Crippen molar-refractivity contribution in [2.24, 2.45) is 9.98 Å². The maximum Gasteiger partial charge on any atom is 0.416 e. The Bertz CT molecular complexity index is 1270. The number of urea groups is 1. The number of amides is 2. The van der Waals surface area contributed by atoms with Gasteiger partial charge in [-0.1, -0.05) is 12.1 Å². The number of amidine groups is 1. The highest BCUT2D eigenvalue weighted by Gasteiger charge is 2.40. The number of ether oxygens (including phenoxy) is 1. The summed E-state index contributed by atoms with van der Waals surface area (Å²) in [5.41, 5.74) is 0.487. The van der Waals surface area contributed by atoms with E-state index in [0.717, 1.165) is 12.1 Å². The number of halogens is 3. The third kappa shape index (κ3) is 5.78. The number of hydrogen-bond donors (Lipinski definition) is 3. The van der Waals surface area contributed by atoms with Crippen molar-refractivity contribution in [2.75, 3.05) is 36.1 Å². The molecule has 0 aliphatic carbocycles. The number of fused-ring (bicyclic) bond motifs is 4. The van der Waals surface area contributed by atoms with Gasteiger partial charge in [0.05, 0.1) is 29.6 Å². The molecule has 202 valence electrons. The van der Waals surface area contributed by atoms with Crippen molar-refractivity contribution >= 4 is 30.3 Å². The maximum absolute atomic E-state index is 13.5. The highest BCUT2D eigenvalue weighted by molar-refractivity contribution is 5.98. The molecule has 1 aromatic heterocycles. The van der Waals surface area contributed by atoms with Gasteiger partial charge in [-0.05, 0) is 50.4 Å². The van der Waals surface area contributed by atoms with E-state index in [2.05, 4.69) is 31.9 Å². The van der Waals surface area contributed by atoms with Crippen molar-refractivity contribution in [1.29, 1.82) is 0 Å². The zero-order chi connectivity index (χ0) is 27.4. The molecule has 0 saturated carbocycles. The van der Waals surface area contributed by atoms with E-state index in [0.29, 0.717) is 36.7 Å². The molecule has 38 heavy (non-hydrogen) atoms. The van der Waals surface area contributed by atoms with Crippen LogP contribution in [0.3, 0.4) is 0 Å². The summed E-state index contributed by atoms with van der Waals surface area (Å²) in [6.07, 6.45) is -3.45. The smallest absolute Gasteiger partial charge is 0.416 e. The third-order valence-electron chi connectivity index (χ3n) is 6.13. The minimum Gasteiger partial charge on any atom is -0.461 e. The molecule has 0 unspecified atom stereocenters. The molecule has 0 spiro atoms. The number of hydrogen-bond acceptors (Lipinski definition) is 7. The van der Waals surface area contributed by atoms with Crippen LogP contribution in [0.1, 0.15) is 18.9 Å². The zero-order valence-corrected chi connectivity index (χ0v) is 20.5. The van der Waals surface area contributed by atoms with Crippen molar-refractivity contribution in [3.8, 4) is 11.3 Å². The molecule has 2 amide bonds. The monoisotopic (exact) mass is 532 g/mol. The van der Waals surface area contributed by atoms with Crippen LogP contribution in [0.15, 0.2) is 58.3 Å². The van der Waals surface area contributed by atoms with Gasteiger partial charge in [0.1, 0.15) is 18.5 Å². The summed E-state index contributed by atoms with van der Waals surface area (Å²) < 4.78 is 45.0. The van der Waals surface area contributed by atoms with Gasteiger partial charge in [0, 0.05) is 18.7 Å². The van der Waals surface area contributed by atoms with Gasteiger partial charge in [-0.15, -0.1) is 0 Å². The fraction of sp³-hybridized carbons (Fsp3) is 0.360. The van der Waals surface area contributed by atoms with Gasteiger partial charge in [-0.3, -0.25) is 10.2 Å². The zero-order valence-electron chi connectivity index (χ0n) is 20.5. The highest BCUT2D eigenvalue weighted by atomic mass is 19.4. The van der Waals surface area contributed by atoms with E-state index in [9.17, 15) is 23.1 Å². The van der Waals surface area contributed by atoms with E-state index in [-0.39, 0.29) is 30.1 Å². The molecule has 3 N–H and O–H groups in total. The molecule has 2 aromatic rings. The van der Waals surface area contributed by atoms with Gasteiger partial charge in [0.2, 0.25) is 0 Å². The van der Waals surface area contributed by atoms with Crippen LogP contribution in [0.25, 0.3) is 11.3 Å². The number of aliphatic hydroxyl groups is 2. The number of anilines is 2. The number of alkyl halides is 3. The molecule has 2 aliphatic rings. The first kappa shape index (κ1) is 27.1. The Balaban J connectivity index is 1.62. The predicted octanol–water partition coefficient (Wildman–Crippen LogP) is 3.16. The standard InChI is InChI=1S/C25H27F3N6O4/c1-3-21(31-23(29-2)38-14-18(36)13-35)32-24(37)34-17-9-10-33(12-17)20-8-7-19(30-22(20)34)15-5-4-6-16(11-15)25(26,27)28/h3-8,11,17-18,35-36H,2,9-10,12-14H2,1H3,(H,32,37)/b21-3+,31-23+/t17-,18+/m0/s1. The molecule has 0 radical (unpaired) electrons. The summed E-state index contributed by atoms with van der Waals surface area (Å²) >= 11 is 0. The van der Waals surface area contributed by atoms with E-state index in [1.807, 2.05) is 0 Å². The average Bonchev–Trinajstić information content (AvgIpc) is 3.33. The minimum atomic E-state index is -4.50. The number of rotatable bonds is 6. The Morgan fingerprint density at radius 3 is 2.84 bits per heavy atom. The van der Waals surface area contributed by atoms with Crippen molar-refractivity contribution in [3.05, 3.63) is 53.9 Å². The van der Waals surface area contributed by atoms with Crippen molar-refractivity contribution in [1.82, 2.24) is 10.3 Å². The van der Waals surface area contributed by atoms with Gasteiger partial charge < -0.3 is 19.8 Å². The van der Waals surface area contributed by atoms with E-state index >= 15 is 0 Å². The maximum atomic E-state index is 13.5. The normalized spacial score (nSPS) is 18.2. The van der Waals surface area contributed by atoms with Gasteiger partial charge in [0.15, 0.2) is 5.82 Å². The Morgan fingerprint density at radius 1 is 1.37 bits per heavy atom. The number of nitrogens with one attached hydrogen (secondary N) is 1. The molecule has 13 heteroatoms. The van der Waals surface area contributed by atoms with Crippen LogP contribution >= 0.6 is 0 Å². The Labute approximate surface area is 216 Å². The number of carbonyl (C=O) groups is 1. The molecule has 3 heterocycles. The van der Waals surface area contributed by atoms with Crippen LogP contribution in [0, 0.1) is 0 Å². The number of aromatic nitrogens is 1. The molecule has 1 aromatic carbocycles. The molecule has 2 aliphatic heterocycles. The predicted molar refractivity (Wildman–Crippen MR) is 136 cm³/mol. The average molecular weight is 533 g/mol. The molecule has 10 nitrogen and oxygen atoms in total. The van der Waals surface area contributed by atoms with Crippen LogP contribution in [0.2, 0.25) is 0 Å². The lowest BCUT2D eigenvalue weighted by molar-refractivity contribution is -0.137. The van der Waals surface area contributed by atoms with Crippen LogP contribution in [-0.4, -0.2) is 72.4 Å². The third-order valence-corrected chi connectivity index (χ3v) is 6.13. The highest BCUT2D eigenvalue weighted by Crippen LogP contribution is 2.40. The molecular weight excluding hydrogens is 505 g/mol. The molecule has 1 saturated heterocycles. The van der Waals surface area contributed by atoms with Crippen LogP contribution in [0.5, 0.6) is 0 Å². The second-order valence-corrected chi connectivity index (χ2v) is 8.68.